The summed E-state index contributed by atoms with van der Waals surface area (Å²) in [4.78, 5) is 12.1. The summed E-state index contributed by atoms with van der Waals surface area (Å²) in [6.07, 6.45) is 15.4. The minimum absolute atomic E-state index is 0.133. The number of rotatable bonds is 5. The first-order valence-electron chi connectivity index (χ1n) is 13.2. The van der Waals surface area contributed by atoms with Crippen molar-refractivity contribution in [1.29, 1.82) is 0 Å². The van der Waals surface area contributed by atoms with E-state index in [1.807, 2.05) is 6.08 Å². The summed E-state index contributed by atoms with van der Waals surface area (Å²) >= 11 is 0. The summed E-state index contributed by atoms with van der Waals surface area (Å²) in [7, 11) is 0. The lowest BCUT2D eigenvalue weighted by Crippen LogP contribution is -2.55. The zero-order valence-corrected chi connectivity index (χ0v) is 20.9. The van der Waals surface area contributed by atoms with Crippen LogP contribution in [-0.4, -0.2) is 17.0 Å². The van der Waals surface area contributed by atoms with Crippen molar-refractivity contribution in [1.82, 2.24) is 0 Å². The van der Waals surface area contributed by atoms with Gasteiger partial charge >= 0.3 is 0 Å². The van der Waals surface area contributed by atoms with Gasteiger partial charge in [-0.3, -0.25) is 4.79 Å². The minimum Gasteiger partial charge on any atom is -0.392 e. The smallest absolute Gasteiger partial charge is 0.155 e. The molecule has 9 atom stereocenters. The molecule has 4 aliphatic carbocycles. The Morgan fingerprint density at radius 2 is 1.84 bits per heavy atom. The lowest BCUT2D eigenvalue weighted by Gasteiger charge is -2.59. The fourth-order valence-corrected chi connectivity index (χ4v) is 8.71. The second kappa shape index (κ2) is 8.47. The molecule has 2 heteroatoms. The maximum absolute atomic E-state index is 12.1. The summed E-state index contributed by atoms with van der Waals surface area (Å²) in [5, 5.41) is 11.3. The third kappa shape index (κ3) is 3.79. The van der Waals surface area contributed by atoms with E-state index < -0.39 is 0 Å². The van der Waals surface area contributed by atoms with E-state index in [1.165, 1.54) is 37.7 Å². The Morgan fingerprint density at radius 1 is 1.10 bits per heavy atom. The van der Waals surface area contributed by atoms with E-state index in [-0.39, 0.29) is 17.3 Å². The maximum atomic E-state index is 12.1. The molecule has 0 amide bonds. The van der Waals surface area contributed by atoms with Crippen LogP contribution >= 0.6 is 0 Å². The SMILES string of the molecule is CC[C@H](C=C[C@@H](C)[C@H]1CC[C@H]2[C@@H]3[C@@H](O)CC4=CC(=O)CC[C@]4(C)[C@H]3CC[C@]12C)C(C)C. The largest absolute Gasteiger partial charge is 0.392 e. The number of fused-ring (bicyclic) bond motifs is 5. The molecule has 0 aromatic rings. The fourth-order valence-electron chi connectivity index (χ4n) is 8.71. The summed E-state index contributed by atoms with van der Waals surface area (Å²) < 4.78 is 0. The Kier molecular flexibility index (Phi) is 6.36. The molecule has 0 saturated heterocycles. The first kappa shape index (κ1) is 23.3. The van der Waals surface area contributed by atoms with Crippen LogP contribution in [0.5, 0.6) is 0 Å². The number of hydrogen-bond donors (Lipinski definition) is 1. The fraction of sp³-hybridized carbons (Fsp3) is 0.828. The number of aliphatic hydroxyl groups excluding tert-OH is 1. The topological polar surface area (TPSA) is 37.3 Å². The maximum Gasteiger partial charge on any atom is 0.155 e. The molecule has 4 rings (SSSR count). The molecule has 0 radical (unpaired) electrons. The van der Waals surface area contributed by atoms with Crippen molar-refractivity contribution in [3.8, 4) is 0 Å². The van der Waals surface area contributed by atoms with Crippen molar-refractivity contribution in [3.63, 3.8) is 0 Å². The van der Waals surface area contributed by atoms with Gasteiger partial charge in [0.05, 0.1) is 6.10 Å². The molecule has 0 aliphatic heterocycles. The molecule has 0 unspecified atom stereocenters. The van der Waals surface area contributed by atoms with E-state index in [0.29, 0.717) is 47.3 Å². The minimum atomic E-state index is -0.269. The molecule has 1 N–H and O–H groups in total. The van der Waals surface area contributed by atoms with Crippen LogP contribution in [0, 0.1) is 52.3 Å². The van der Waals surface area contributed by atoms with E-state index in [4.69, 9.17) is 0 Å². The number of ketones is 1. The van der Waals surface area contributed by atoms with Crippen molar-refractivity contribution in [2.24, 2.45) is 52.3 Å². The zero-order chi connectivity index (χ0) is 22.6. The molecule has 31 heavy (non-hydrogen) atoms. The van der Waals surface area contributed by atoms with Crippen molar-refractivity contribution < 1.29 is 9.90 Å². The molecular weight excluding hydrogens is 380 g/mol. The van der Waals surface area contributed by atoms with Crippen LogP contribution in [0.25, 0.3) is 0 Å². The molecule has 0 spiro atoms. The van der Waals surface area contributed by atoms with Crippen LogP contribution < -0.4 is 0 Å². The highest BCUT2D eigenvalue weighted by molar-refractivity contribution is 5.91. The molecule has 0 heterocycles. The highest BCUT2D eigenvalue weighted by Gasteiger charge is 2.61. The number of hydrogen-bond acceptors (Lipinski definition) is 2. The molecule has 3 saturated carbocycles. The van der Waals surface area contributed by atoms with Crippen molar-refractivity contribution in [3.05, 3.63) is 23.8 Å². The molecule has 0 bridgehead atoms. The number of carbonyl (C=O) groups is 1. The third-order valence-electron chi connectivity index (χ3n) is 10.7. The van der Waals surface area contributed by atoms with Crippen molar-refractivity contribution in [2.45, 2.75) is 99.0 Å². The van der Waals surface area contributed by atoms with Crippen LogP contribution in [0.3, 0.4) is 0 Å². The van der Waals surface area contributed by atoms with Gasteiger partial charge in [-0.25, -0.2) is 0 Å². The standard InChI is InChI=1S/C29H46O2/c1-7-20(18(2)3)9-8-19(4)23-10-11-24-27-25(13-15-29(23,24)6)28(5)14-12-22(30)16-21(28)17-26(27)31/h8-9,16,18-20,23-27,31H,7,10-15,17H2,1-6H3/t19-,20-,23-,24+,25+,26+,27+,28+,29-/m1/s1. The van der Waals surface area contributed by atoms with Crippen LogP contribution in [0.4, 0.5) is 0 Å². The quantitative estimate of drug-likeness (QED) is 0.481. The predicted molar refractivity (Wildman–Crippen MR) is 129 cm³/mol. The van der Waals surface area contributed by atoms with Gasteiger partial charge in [-0.05, 0) is 103 Å². The average molecular weight is 427 g/mol. The van der Waals surface area contributed by atoms with Gasteiger partial charge in [-0.1, -0.05) is 59.3 Å². The Bertz CT molecular complexity index is 748. The molecule has 0 aromatic carbocycles. The number of aliphatic hydroxyl groups is 1. The second-order valence-corrected chi connectivity index (χ2v) is 12.4. The van der Waals surface area contributed by atoms with Crippen molar-refractivity contribution in [2.75, 3.05) is 0 Å². The summed E-state index contributed by atoms with van der Waals surface area (Å²) in [6, 6.07) is 0. The highest BCUT2D eigenvalue weighted by atomic mass is 16.3. The van der Waals surface area contributed by atoms with Gasteiger partial charge in [0.15, 0.2) is 5.78 Å². The molecular formula is C29H46O2. The lowest BCUT2D eigenvalue weighted by atomic mass is 9.46. The van der Waals surface area contributed by atoms with Crippen LogP contribution in [-0.2, 0) is 4.79 Å². The Balaban J connectivity index is 1.56. The molecule has 174 valence electrons. The van der Waals surface area contributed by atoms with Crippen molar-refractivity contribution >= 4 is 5.78 Å². The third-order valence-corrected chi connectivity index (χ3v) is 10.7. The summed E-state index contributed by atoms with van der Waals surface area (Å²) in [5.74, 6) is 4.58. The van der Waals surface area contributed by atoms with Crippen LogP contribution in [0.1, 0.15) is 92.9 Å². The van der Waals surface area contributed by atoms with Gasteiger partial charge in [-0.15, -0.1) is 0 Å². The number of allylic oxidation sites excluding steroid dienone is 2. The van der Waals surface area contributed by atoms with E-state index in [1.54, 1.807) is 0 Å². The summed E-state index contributed by atoms with van der Waals surface area (Å²) in [6.45, 7) is 14.4. The Morgan fingerprint density at radius 3 is 2.52 bits per heavy atom. The molecule has 2 nitrogen and oxygen atoms in total. The average Bonchev–Trinajstić information content (AvgIpc) is 3.06. The van der Waals surface area contributed by atoms with Crippen LogP contribution in [0.2, 0.25) is 0 Å². The van der Waals surface area contributed by atoms with Gasteiger partial charge in [0, 0.05) is 6.42 Å². The first-order chi connectivity index (χ1) is 14.6. The van der Waals surface area contributed by atoms with E-state index in [9.17, 15) is 9.90 Å². The normalized spacial score (nSPS) is 44.6. The Hall–Kier alpha value is -0.890. The van der Waals surface area contributed by atoms with E-state index >= 15 is 0 Å². The highest BCUT2D eigenvalue weighted by Crippen LogP contribution is 2.67. The van der Waals surface area contributed by atoms with Gasteiger partial charge in [0.1, 0.15) is 0 Å². The monoisotopic (exact) mass is 426 g/mol. The predicted octanol–water partition coefficient (Wildman–Crippen LogP) is 6.98. The molecule has 0 aromatic heterocycles. The van der Waals surface area contributed by atoms with Gasteiger partial charge in [-0.2, -0.15) is 0 Å². The van der Waals surface area contributed by atoms with Crippen LogP contribution in [0.15, 0.2) is 23.8 Å². The summed E-state index contributed by atoms with van der Waals surface area (Å²) in [5.41, 5.74) is 1.73. The van der Waals surface area contributed by atoms with Gasteiger partial charge in [0.25, 0.3) is 0 Å². The molecule has 4 aliphatic rings. The van der Waals surface area contributed by atoms with Gasteiger partial charge in [0.2, 0.25) is 0 Å². The molecule has 3 fully saturated rings. The Labute approximate surface area is 191 Å². The van der Waals surface area contributed by atoms with E-state index in [2.05, 4.69) is 53.7 Å². The lowest BCUT2D eigenvalue weighted by molar-refractivity contribution is -0.124. The zero-order valence-electron chi connectivity index (χ0n) is 20.9. The van der Waals surface area contributed by atoms with E-state index in [0.717, 1.165) is 18.8 Å². The van der Waals surface area contributed by atoms with Gasteiger partial charge < -0.3 is 5.11 Å². The first-order valence-corrected chi connectivity index (χ1v) is 13.2. The second-order valence-electron chi connectivity index (χ2n) is 12.4. The number of carbonyl (C=O) groups excluding carboxylic acids is 1.